The molecule has 0 aliphatic heterocycles. The van der Waals surface area contributed by atoms with Gasteiger partial charge in [-0.1, -0.05) is 36.4 Å². The van der Waals surface area contributed by atoms with Crippen molar-refractivity contribution in [2.24, 2.45) is 0 Å². The Labute approximate surface area is 199 Å². The van der Waals surface area contributed by atoms with E-state index in [0.29, 0.717) is 18.1 Å². The number of anilines is 2. The van der Waals surface area contributed by atoms with Crippen LogP contribution in [0.5, 0.6) is 5.75 Å². The fourth-order valence-corrected chi connectivity index (χ4v) is 3.31. The molecule has 1 heterocycles. The van der Waals surface area contributed by atoms with Crippen LogP contribution < -0.4 is 20.3 Å². The van der Waals surface area contributed by atoms with E-state index < -0.39 is 0 Å². The average Bonchev–Trinajstić information content (AvgIpc) is 2.86. The van der Waals surface area contributed by atoms with Crippen molar-refractivity contribution < 1.29 is 19.1 Å². The second-order valence-corrected chi connectivity index (χ2v) is 7.65. The molecule has 0 unspecified atom stereocenters. The highest BCUT2D eigenvalue weighted by molar-refractivity contribution is 6.01. The molecule has 0 fully saturated rings. The van der Waals surface area contributed by atoms with Crippen LogP contribution >= 0.6 is 0 Å². The maximum atomic E-state index is 13.1. The highest BCUT2D eigenvalue weighted by atomic mass is 16.5. The van der Waals surface area contributed by atoms with Crippen LogP contribution in [0.2, 0.25) is 0 Å². The predicted octanol–water partition coefficient (Wildman–Crippen LogP) is 3.47. The van der Waals surface area contributed by atoms with Gasteiger partial charge in [0.2, 0.25) is 17.7 Å². The number of hydrogen-bond donors (Lipinski definition) is 2. The molecular weight excluding hydrogens is 432 g/mol. The zero-order valence-corrected chi connectivity index (χ0v) is 19.3. The molecule has 2 aromatic carbocycles. The summed E-state index contributed by atoms with van der Waals surface area (Å²) in [6.45, 7) is 2.05. The van der Waals surface area contributed by atoms with E-state index in [0.717, 1.165) is 16.9 Å². The number of aryl methyl sites for hydroxylation is 1. The molecule has 0 radical (unpaired) electrons. The van der Waals surface area contributed by atoms with Crippen LogP contribution in [-0.2, 0) is 20.9 Å². The van der Waals surface area contributed by atoms with Gasteiger partial charge in [0, 0.05) is 31.3 Å². The molecule has 0 saturated heterocycles. The van der Waals surface area contributed by atoms with Gasteiger partial charge >= 0.3 is 0 Å². The lowest BCUT2D eigenvalue weighted by Crippen LogP contribution is -2.41. The lowest BCUT2D eigenvalue weighted by Gasteiger charge is -2.24. The maximum Gasteiger partial charge on any atom is 0.240 e. The molecule has 8 heteroatoms. The zero-order chi connectivity index (χ0) is 24.3. The monoisotopic (exact) mass is 460 g/mol. The van der Waals surface area contributed by atoms with Crippen LogP contribution in [0.25, 0.3) is 0 Å². The van der Waals surface area contributed by atoms with Gasteiger partial charge in [0.25, 0.3) is 0 Å². The molecule has 0 spiro atoms. The predicted molar refractivity (Wildman–Crippen MR) is 130 cm³/mol. The summed E-state index contributed by atoms with van der Waals surface area (Å²) in [5.74, 6) is 0.225. The van der Waals surface area contributed by atoms with Crippen molar-refractivity contribution in [2.75, 3.05) is 23.9 Å². The fourth-order valence-electron chi connectivity index (χ4n) is 3.31. The molecular formula is C26H28N4O4. The molecule has 176 valence electrons. The number of methoxy groups -OCH3 is 1. The van der Waals surface area contributed by atoms with E-state index in [1.54, 1.807) is 37.6 Å². The van der Waals surface area contributed by atoms with Gasteiger partial charge in [-0.2, -0.15) is 0 Å². The van der Waals surface area contributed by atoms with Gasteiger partial charge in [0.15, 0.2) is 0 Å². The number of ether oxygens (including phenoxy) is 1. The van der Waals surface area contributed by atoms with Crippen molar-refractivity contribution in [3.63, 3.8) is 0 Å². The second kappa shape index (κ2) is 12.2. The van der Waals surface area contributed by atoms with E-state index in [-0.39, 0.29) is 37.1 Å². The topological polar surface area (TPSA) is 101 Å². The smallest absolute Gasteiger partial charge is 0.240 e. The summed E-state index contributed by atoms with van der Waals surface area (Å²) in [5.41, 5.74) is 2.41. The number of benzene rings is 2. The summed E-state index contributed by atoms with van der Waals surface area (Å²) in [6, 6.07) is 19.9. The summed E-state index contributed by atoms with van der Waals surface area (Å²) in [6.07, 6.45) is 1.51. The lowest BCUT2D eigenvalue weighted by atomic mass is 10.1. The van der Waals surface area contributed by atoms with Crippen molar-refractivity contribution in [2.45, 2.75) is 26.3 Å². The van der Waals surface area contributed by atoms with Crippen molar-refractivity contribution in [3.8, 4) is 5.75 Å². The molecule has 34 heavy (non-hydrogen) atoms. The van der Waals surface area contributed by atoms with Crippen molar-refractivity contribution in [3.05, 3.63) is 84.1 Å². The van der Waals surface area contributed by atoms with Crippen LogP contribution in [0.1, 0.15) is 24.0 Å². The van der Waals surface area contributed by atoms with Crippen LogP contribution in [0.15, 0.2) is 72.9 Å². The second-order valence-electron chi connectivity index (χ2n) is 7.65. The Hall–Kier alpha value is -4.20. The molecule has 0 saturated carbocycles. The highest BCUT2D eigenvalue weighted by Crippen LogP contribution is 2.21. The standard InChI is InChI=1S/C26H28N4O4/c1-19-7-3-4-8-22(19)30(18-25(32)28-17-20-10-12-21(34-2)13-11-20)26(33)15-14-24(31)29-23-9-5-6-16-27-23/h3-13,16H,14-15,17-18H2,1-2H3,(H,28,32)(H,27,29,31). The highest BCUT2D eigenvalue weighted by Gasteiger charge is 2.21. The number of aromatic nitrogens is 1. The Bertz CT molecular complexity index is 1120. The molecule has 3 aromatic rings. The number of hydrogen-bond acceptors (Lipinski definition) is 5. The van der Waals surface area contributed by atoms with Gasteiger partial charge in [0.1, 0.15) is 18.1 Å². The van der Waals surface area contributed by atoms with E-state index in [1.807, 2.05) is 49.4 Å². The van der Waals surface area contributed by atoms with Gasteiger partial charge in [-0.3, -0.25) is 14.4 Å². The molecule has 8 nitrogen and oxygen atoms in total. The Balaban J connectivity index is 1.62. The molecule has 3 rings (SSSR count). The normalized spacial score (nSPS) is 10.3. The van der Waals surface area contributed by atoms with Gasteiger partial charge in [-0.05, 0) is 48.4 Å². The zero-order valence-electron chi connectivity index (χ0n) is 19.3. The molecule has 0 atom stereocenters. The van der Waals surface area contributed by atoms with E-state index in [1.165, 1.54) is 4.90 Å². The Kier molecular flexibility index (Phi) is 8.73. The first-order valence-corrected chi connectivity index (χ1v) is 10.9. The third-order valence-electron chi connectivity index (χ3n) is 5.16. The third-order valence-corrected chi connectivity index (χ3v) is 5.16. The van der Waals surface area contributed by atoms with Crippen LogP contribution in [0.3, 0.4) is 0 Å². The van der Waals surface area contributed by atoms with Crippen LogP contribution in [-0.4, -0.2) is 36.4 Å². The molecule has 1 aromatic heterocycles. The number of rotatable bonds is 10. The Morgan fingerprint density at radius 2 is 1.65 bits per heavy atom. The number of pyridine rings is 1. The van der Waals surface area contributed by atoms with Gasteiger partial charge in [-0.25, -0.2) is 4.98 Å². The van der Waals surface area contributed by atoms with Gasteiger partial charge in [-0.15, -0.1) is 0 Å². The van der Waals surface area contributed by atoms with Gasteiger partial charge in [0.05, 0.1) is 7.11 Å². The lowest BCUT2D eigenvalue weighted by molar-refractivity contribution is -0.125. The van der Waals surface area contributed by atoms with Crippen LogP contribution in [0.4, 0.5) is 11.5 Å². The summed E-state index contributed by atoms with van der Waals surface area (Å²) in [4.78, 5) is 43.5. The van der Waals surface area contributed by atoms with E-state index >= 15 is 0 Å². The first-order chi connectivity index (χ1) is 16.5. The summed E-state index contributed by atoms with van der Waals surface area (Å²) < 4.78 is 5.14. The van der Waals surface area contributed by atoms with Crippen molar-refractivity contribution in [1.82, 2.24) is 10.3 Å². The number of nitrogens with zero attached hydrogens (tertiary/aromatic N) is 2. The minimum atomic E-state index is -0.319. The third kappa shape index (κ3) is 7.16. The Morgan fingerprint density at radius 1 is 0.912 bits per heavy atom. The number of nitrogens with one attached hydrogen (secondary N) is 2. The molecule has 2 N–H and O–H groups in total. The Morgan fingerprint density at radius 3 is 2.32 bits per heavy atom. The summed E-state index contributed by atoms with van der Waals surface area (Å²) in [5, 5.41) is 5.51. The van der Waals surface area contributed by atoms with E-state index in [2.05, 4.69) is 15.6 Å². The molecule has 3 amide bonds. The van der Waals surface area contributed by atoms with E-state index in [4.69, 9.17) is 4.74 Å². The molecule has 0 aliphatic rings. The summed E-state index contributed by atoms with van der Waals surface area (Å²) in [7, 11) is 1.59. The molecule has 0 aliphatic carbocycles. The summed E-state index contributed by atoms with van der Waals surface area (Å²) >= 11 is 0. The average molecular weight is 461 g/mol. The number of amides is 3. The van der Waals surface area contributed by atoms with Gasteiger partial charge < -0.3 is 20.3 Å². The quantitative estimate of drug-likeness (QED) is 0.483. The minimum Gasteiger partial charge on any atom is -0.497 e. The minimum absolute atomic E-state index is 0.0226. The number of carbonyl (C=O) groups excluding carboxylic acids is 3. The first-order valence-electron chi connectivity index (χ1n) is 10.9. The van der Waals surface area contributed by atoms with Crippen molar-refractivity contribution in [1.29, 1.82) is 0 Å². The first kappa shape index (κ1) is 24.4. The van der Waals surface area contributed by atoms with E-state index in [9.17, 15) is 14.4 Å². The number of carbonyl (C=O) groups is 3. The molecule has 0 bridgehead atoms. The SMILES string of the molecule is COc1ccc(CNC(=O)CN(C(=O)CCC(=O)Nc2ccccn2)c2ccccc2C)cc1. The fraction of sp³-hybridized carbons (Fsp3) is 0.231. The maximum absolute atomic E-state index is 13.1. The number of para-hydroxylation sites is 1. The largest absolute Gasteiger partial charge is 0.497 e. The van der Waals surface area contributed by atoms with Crippen LogP contribution in [0, 0.1) is 6.92 Å². The van der Waals surface area contributed by atoms with Crippen molar-refractivity contribution >= 4 is 29.2 Å².